The van der Waals surface area contributed by atoms with Gasteiger partial charge in [0.25, 0.3) is 5.91 Å². The monoisotopic (exact) mass is 512 g/mol. The van der Waals surface area contributed by atoms with Gasteiger partial charge in [-0.25, -0.2) is 4.79 Å². The van der Waals surface area contributed by atoms with Crippen molar-refractivity contribution in [3.8, 4) is 0 Å². The molecule has 3 aromatic rings. The second-order valence-corrected chi connectivity index (χ2v) is 9.60. The van der Waals surface area contributed by atoms with E-state index in [9.17, 15) is 14.4 Å². The van der Waals surface area contributed by atoms with Gasteiger partial charge in [0.05, 0.1) is 11.3 Å². The number of benzene rings is 2. The molecule has 186 valence electrons. The van der Waals surface area contributed by atoms with E-state index >= 15 is 0 Å². The second kappa shape index (κ2) is 10.8. The van der Waals surface area contributed by atoms with Crippen LogP contribution in [-0.4, -0.2) is 45.5 Å². The van der Waals surface area contributed by atoms with Crippen molar-refractivity contribution in [2.24, 2.45) is 0 Å². The number of aromatic nitrogens is 1. The number of rotatable bonds is 7. The lowest BCUT2D eigenvalue weighted by atomic mass is 10.00. The molecule has 5 rings (SSSR count). The topological polar surface area (TPSA) is 85.8 Å². The van der Waals surface area contributed by atoms with Gasteiger partial charge in [-0.2, -0.15) is 0 Å². The van der Waals surface area contributed by atoms with Gasteiger partial charge in [0, 0.05) is 24.4 Å². The fourth-order valence-corrected chi connectivity index (χ4v) is 5.55. The smallest absolute Gasteiger partial charge is 0.356 e. The first kappa shape index (κ1) is 24.5. The van der Waals surface area contributed by atoms with Crippen LogP contribution in [0.25, 0.3) is 6.08 Å². The largest absolute Gasteiger partial charge is 0.461 e. The zero-order chi connectivity index (χ0) is 25.8. The molecule has 8 heteroatoms. The maximum atomic E-state index is 13.8. The number of ether oxygens (including phenoxy) is 2. The molecular formula is C29H24N2O5S. The molecule has 2 aromatic carbocycles. The number of pyridine rings is 1. The number of thioether (sulfide) groups is 1. The molecule has 0 bridgehead atoms. The number of carbonyl (C=O) groups is 3. The van der Waals surface area contributed by atoms with Crippen LogP contribution >= 0.6 is 11.8 Å². The Balaban J connectivity index is 1.48. The Morgan fingerprint density at radius 1 is 1.03 bits per heavy atom. The van der Waals surface area contributed by atoms with E-state index in [1.54, 1.807) is 18.3 Å². The summed E-state index contributed by atoms with van der Waals surface area (Å²) in [6.45, 7) is 1.21. The predicted molar refractivity (Wildman–Crippen MR) is 140 cm³/mol. The van der Waals surface area contributed by atoms with Crippen molar-refractivity contribution in [2.45, 2.75) is 18.4 Å². The number of hydrogen-bond donors (Lipinski definition) is 0. The van der Waals surface area contributed by atoms with Crippen LogP contribution in [0.15, 0.2) is 102 Å². The van der Waals surface area contributed by atoms with Gasteiger partial charge in [-0.15, -0.1) is 11.8 Å². The molecule has 1 amide bonds. The zero-order valence-corrected chi connectivity index (χ0v) is 20.9. The van der Waals surface area contributed by atoms with E-state index in [4.69, 9.17) is 9.47 Å². The van der Waals surface area contributed by atoms with E-state index in [0.717, 1.165) is 11.1 Å². The van der Waals surface area contributed by atoms with Crippen molar-refractivity contribution >= 4 is 35.7 Å². The summed E-state index contributed by atoms with van der Waals surface area (Å²) in [6, 6.07) is 24.3. The number of amides is 1. The Kier molecular flexibility index (Phi) is 7.18. The lowest BCUT2D eigenvalue weighted by molar-refractivity contribution is -0.149. The van der Waals surface area contributed by atoms with E-state index in [-0.39, 0.29) is 23.6 Å². The predicted octanol–water partition coefficient (Wildman–Crippen LogP) is 4.53. The van der Waals surface area contributed by atoms with Crippen LogP contribution in [0.4, 0.5) is 0 Å². The summed E-state index contributed by atoms with van der Waals surface area (Å²) in [5.41, 5.74) is 3.49. The standard InChI is InChI=1S/C29H24N2O5S/c1-19(32)35-17-22-18-37-28-24(16-23-14-8-9-15-30-23)27(33)31(28)25(22)29(34)36-26(20-10-4-2-5-11-20)21-12-6-3-7-13-21/h2-16,26,28H,17-18H2,1H3/b24-16+/t28-/m1/s1. The summed E-state index contributed by atoms with van der Waals surface area (Å²) in [6.07, 6.45) is 2.73. The van der Waals surface area contributed by atoms with E-state index in [1.165, 1.54) is 23.6 Å². The average molecular weight is 513 g/mol. The van der Waals surface area contributed by atoms with Crippen molar-refractivity contribution < 1.29 is 23.9 Å². The summed E-state index contributed by atoms with van der Waals surface area (Å²) in [5, 5.41) is -0.356. The number of nitrogens with zero attached hydrogens (tertiary/aromatic N) is 2. The molecule has 1 atom stereocenters. The summed E-state index contributed by atoms with van der Waals surface area (Å²) >= 11 is 1.49. The van der Waals surface area contributed by atoms with Crippen molar-refractivity contribution in [2.75, 3.05) is 12.4 Å². The molecule has 1 fully saturated rings. The van der Waals surface area contributed by atoms with Gasteiger partial charge in [-0.3, -0.25) is 19.5 Å². The molecule has 0 aliphatic carbocycles. The number of carbonyl (C=O) groups excluding carboxylic acids is 3. The van der Waals surface area contributed by atoms with Crippen LogP contribution in [0.3, 0.4) is 0 Å². The summed E-state index contributed by atoms with van der Waals surface area (Å²) < 4.78 is 11.3. The Labute approximate surface area is 218 Å². The number of fused-ring (bicyclic) bond motifs is 1. The molecule has 0 spiro atoms. The minimum Gasteiger partial charge on any atom is -0.461 e. The first-order valence-electron chi connectivity index (χ1n) is 11.8. The van der Waals surface area contributed by atoms with E-state index < -0.39 is 18.0 Å². The Morgan fingerprint density at radius 3 is 2.27 bits per heavy atom. The van der Waals surface area contributed by atoms with Gasteiger partial charge in [0.1, 0.15) is 17.7 Å². The SMILES string of the molecule is CC(=O)OCC1=C(C(=O)OC(c2ccccc2)c2ccccc2)N2C(=O)/C(=C\c3ccccn3)[C@H]2SC1. The molecular weight excluding hydrogens is 488 g/mol. The van der Waals surface area contributed by atoms with Crippen LogP contribution in [0.2, 0.25) is 0 Å². The third-order valence-electron chi connectivity index (χ3n) is 6.02. The van der Waals surface area contributed by atoms with Crippen LogP contribution < -0.4 is 0 Å². The van der Waals surface area contributed by atoms with Gasteiger partial charge in [-0.05, 0) is 29.3 Å². The lowest BCUT2D eigenvalue weighted by Crippen LogP contribution is -2.56. The van der Waals surface area contributed by atoms with Crippen molar-refractivity contribution in [1.82, 2.24) is 9.88 Å². The second-order valence-electron chi connectivity index (χ2n) is 8.53. The van der Waals surface area contributed by atoms with E-state index in [1.807, 2.05) is 72.8 Å². The first-order chi connectivity index (χ1) is 18.0. The molecule has 2 aliphatic rings. The highest BCUT2D eigenvalue weighted by molar-refractivity contribution is 8.00. The summed E-state index contributed by atoms with van der Waals surface area (Å²) in [5.74, 6) is -1.00. The van der Waals surface area contributed by atoms with E-state index in [2.05, 4.69) is 4.98 Å². The maximum Gasteiger partial charge on any atom is 0.356 e. The average Bonchev–Trinajstić information content (AvgIpc) is 2.94. The fraction of sp³-hybridized carbons (Fsp3) is 0.172. The zero-order valence-electron chi connectivity index (χ0n) is 20.1. The highest BCUT2D eigenvalue weighted by Crippen LogP contribution is 2.45. The molecule has 7 nitrogen and oxygen atoms in total. The highest BCUT2D eigenvalue weighted by atomic mass is 32.2. The molecule has 37 heavy (non-hydrogen) atoms. The van der Waals surface area contributed by atoms with Crippen LogP contribution in [-0.2, 0) is 23.9 Å². The molecule has 0 radical (unpaired) electrons. The summed E-state index contributed by atoms with van der Waals surface area (Å²) in [4.78, 5) is 44.3. The Bertz CT molecular complexity index is 1330. The molecule has 2 aliphatic heterocycles. The van der Waals surface area contributed by atoms with Gasteiger partial charge in [0.15, 0.2) is 6.10 Å². The minimum atomic E-state index is -0.676. The number of β-lactam (4-membered cyclic amide) rings is 1. The fourth-order valence-electron chi connectivity index (χ4n) is 4.27. The van der Waals surface area contributed by atoms with Crippen molar-refractivity contribution in [3.63, 3.8) is 0 Å². The van der Waals surface area contributed by atoms with Crippen LogP contribution in [0, 0.1) is 0 Å². The number of hydrogen-bond acceptors (Lipinski definition) is 7. The van der Waals surface area contributed by atoms with Gasteiger partial charge in [-0.1, -0.05) is 66.7 Å². The third-order valence-corrected chi connectivity index (χ3v) is 7.32. The summed E-state index contributed by atoms with van der Waals surface area (Å²) in [7, 11) is 0. The Morgan fingerprint density at radius 2 is 1.68 bits per heavy atom. The normalized spacial score (nSPS) is 17.9. The molecule has 3 heterocycles. The van der Waals surface area contributed by atoms with Gasteiger partial charge < -0.3 is 9.47 Å². The molecule has 0 N–H and O–H groups in total. The Hall–Kier alpha value is -4.17. The third kappa shape index (κ3) is 5.20. The van der Waals surface area contributed by atoms with Crippen LogP contribution in [0.1, 0.15) is 29.8 Å². The highest BCUT2D eigenvalue weighted by Gasteiger charge is 2.50. The molecule has 1 aromatic heterocycles. The molecule has 1 saturated heterocycles. The number of esters is 2. The maximum absolute atomic E-state index is 13.8. The minimum absolute atomic E-state index is 0.0934. The lowest BCUT2D eigenvalue weighted by Gasteiger charge is -2.46. The quantitative estimate of drug-likeness (QED) is 0.261. The van der Waals surface area contributed by atoms with Gasteiger partial charge in [0.2, 0.25) is 0 Å². The molecule has 0 unspecified atom stereocenters. The first-order valence-corrected chi connectivity index (χ1v) is 12.8. The van der Waals surface area contributed by atoms with E-state index in [0.29, 0.717) is 22.6 Å². The van der Waals surface area contributed by atoms with Crippen molar-refractivity contribution in [1.29, 1.82) is 0 Å². The van der Waals surface area contributed by atoms with Gasteiger partial charge >= 0.3 is 11.9 Å². The van der Waals surface area contributed by atoms with Crippen molar-refractivity contribution in [3.05, 3.63) is 119 Å². The van der Waals surface area contributed by atoms with Crippen LogP contribution in [0.5, 0.6) is 0 Å². The molecule has 0 saturated carbocycles.